The number of methoxy groups -OCH3 is 2. The summed E-state index contributed by atoms with van der Waals surface area (Å²) in [4.78, 5) is 3.53. The number of hydrogen-bond acceptors (Lipinski definition) is 2. The van der Waals surface area contributed by atoms with Crippen molar-refractivity contribution in [1.82, 2.24) is 4.98 Å². The molecule has 1 N–H and O–H groups in total. The predicted octanol–water partition coefficient (Wildman–Crippen LogP) is 5.03. The second kappa shape index (κ2) is 5.74. The van der Waals surface area contributed by atoms with Crippen LogP contribution in [-0.4, -0.2) is 19.2 Å². The van der Waals surface area contributed by atoms with Crippen LogP contribution in [0.25, 0.3) is 22.2 Å². The number of fused-ring (bicyclic) bond motifs is 1. The van der Waals surface area contributed by atoms with Gasteiger partial charge in [0, 0.05) is 29.3 Å². The van der Waals surface area contributed by atoms with E-state index in [1.54, 1.807) is 14.2 Å². The molecule has 0 unspecified atom stereocenters. The lowest BCUT2D eigenvalue weighted by Crippen LogP contribution is -2.21. The van der Waals surface area contributed by atoms with Crippen molar-refractivity contribution in [2.45, 2.75) is 26.4 Å². The summed E-state index contributed by atoms with van der Waals surface area (Å²) in [7, 11) is 3.44. The van der Waals surface area contributed by atoms with E-state index < -0.39 is 5.60 Å². The molecule has 0 saturated heterocycles. The Kier molecular flexibility index (Phi) is 3.90. The van der Waals surface area contributed by atoms with E-state index in [1.165, 1.54) is 10.9 Å². The number of nitrogens with one attached hydrogen (secondary N) is 1. The Morgan fingerprint density at radius 2 is 1.74 bits per heavy atom. The first-order chi connectivity index (χ1) is 11.0. The molecule has 2 aromatic carbocycles. The molecule has 0 bridgehead atoms. The summed E-state index contributed by atoms with van der Waals surface area (Å²) in [6, 6.07) is 14.6. The first-order valence-electron chi connectivity index (χ1n) is 7.78. The Bertz CT molecular complexity index is 813. The number of H-pyrrole nitrogens is 1. The van der Waals surface area contributed by atoms with Crippen molar-refractivity contribution in [2.75, 3.05) is 14.2 Å². The average Bonchev–Trinajstić information content (AvgIpc) is 2.97. The number of ether oxygens (including phenoxy) is 2. The molecule has 0 saturated carbocycles. The van der Waals surface area contributed by atoms with E-state index in [2.05, 4.69) is 62.2 Å². The Morgan fingerprint density at radius 3 is 2.39 bits per heavy atom. The molecule has 0 amide bonds. The van der Waals surface area contributed by atoms with Gasteiger partial charge in [-0.05, 0) is 56.2 Å². The largest absolute Gasteiger partial charge is 0.497 e. The maximum Gasteiger partial charge on any atom is 0.119 e. The zero-order valence-electron chi connectivity index (χ0n) is 14.4. The lowest BCUT2D eigenvalue weighted by molar-refractivity contribution is 0.0195. The second-order valence-electron chi connectivity index (χ2n) is 6.35. The molecule has 0 aliphatic heterocycles. The van der Waals surface area contributed by atoms with Crippen molar-refractivity contribution in [2.24, 2.45) is 0 Å². The quantitative estimate of drug-likeness (QED) is 0.733. The van der Waals surface area contributed by atoms with Crippen LogP contribution in [0.5, 0.6) is 5.75 Å². The minimum absolute atomic E-state index is 0.411. The van der Waals surface area contributed by atoms with E-state index in [0.29, 0.717) is 0 Å². The van der Waals surface area contributed by atoms with Crippen molar-refractivity contribution in [3.8, 4) is 17.0 Å². The zero-order valence-corrected chi connectivity index (χ0v) is 14.4. The topological polar surface area (TPSA) is 34.2 Å². The van der Waals surface area contributed by atoms with Crippen LogP contribution in [0, 0.1) is 6.92 Å². The zero-order chi connectivity index (χ0) is 16.6. The Hall–Kier alpha value is -2.26. The standard InChI is InChI=1S/C20H23NO2/c1-13-10-15(22-4)12-16(20(2,3)23-5)19(13)18-11-14-8-6-7-9-17(14)21-18/h6-12,21H,1-5H3. The fourth-order valence-corrected chi connectivity index (χ4v) is 3.02. The first-order valence-corrected chi connectivity index (χ1v) is 7.78. The molecule has 3 rings (SSSR count). The summed E-state index contributed by atoms with van der Waals surface area (Å²) < 4.78 is 11.2. The summed E-state index contributed by atoms with van der Waals surface area (Å²) in [6.07, 6.45) is 0. The van der Waals surface area contributed by atoms with Crippen molar-refractivity contribution >= 4 is 10.9 Å². The number of aromatic nitrogens is 1. The van der Waals surface area contributed by atoms with Gasteiger partial charge in [0.2, 0.25) is 0 Å². The van der Waals surface area contributed by atoms with E-state index >= 15 is 0 Å². The highest BCUT2D eigenvalue weighted by Gasteiger charge is 2.26. The van der Waals surface area contributed by atoms with Crippen LogP contribution in [-0.2, 0) is 10.3 Å². The molecule has 0 aliphatic carbocycles. The molecule has 3 nitrogen and oxygen atoms in total. The Balaban J connectivity index is 2.28. The lowest BCUT2D eigenvalue weighted by Gasteiger charge is -2.27. The van der Waals surface area contributed by atoms with Crippen LogP contribution in [0.2, 0.25) is 0 Å². The minimum atomic E-state index is -0.411. The molecule has 120 valence electrons. The lowest BCUT2D eigenvalue weighted by atomic mass is 9.88. The normalized spacial score (nSPS) is 11.9. The van der Waals surface area contributed by atoms with E-state index in [-0.39, 0.29) is 0 Å². The molecule has 3 aromatic rings. The number of hydrogen-bond donors (Lipinski definition) is 1. The van der Waals surface area contributed by atoms with E-state index in [4.69, 9.17) is 9.47 Å². The van der Waals surface area contributed by atoms with Gasteiger partial charge in [-0.15, -0.1) is 0 Å². The summed E-state index contributed by atoms with van der Waals surface area (Å²) in [5.74, 6) is 0.850. The third kappa shape index (κ3) is 2.73. The van der Waals surface area contributed by atoms with Crippen LogP contribution in [0.1, 0.15) is 25.0 Å². The van der Waals surface area contributed by atoms with Crippen LogP contribution in [0.3, 0.4) is 0 Å². The van der Waals surface area contributed by atoms with E-state index in [0.717, 1.165) is 28.1 Å². The molecule has 23 heavy (non-hydrogen) atoms. The molecule has 0 spiro atoms. The van der Waals surface area contributed by atoms with Gasteiger partial charge in [0.05, 0.1) is 12.7 Å². The molecule has 3 heteroatoms. The van der Waals surface area contributed by atoms with Gasteiger partial charge in [-0.3, -0.25) is 0 Å². The van der Waals surface area contributed by atoms with Crippen LogP contribution < -0.4 is 4.74 Å². The van der Waals surface area contributed by atoms with Crippen molar-refractivity contribution in [3.63, 3.8) is 0 Å². The molecule has 0 fully saturated rings. The molecule has 0 aliphatic rings. The van der Waals surface area contributed by atoms with Gasteiger partial charge >= 0.3 is 0 Å². The highest BCUT2D eigenvalue weighted by atomic mass is 16.5. The number of benzene rings is 2. The second-order valence-corrected chi connectivity index (χ2v) is 6.35. The average molecular weight is 309 g/mol. The van der Waals surface area contributed by atoms with Crippen LogP contribution in [0.4, 0.5) is 0 Å². The fourth-order valence-electron chi connectivity index (χ4n) is 3.02. The number of rotatable bonds is 4. The summed E-state index contributed by atoms with van der Waals surface area (Å²) >= 11 is 0. The monoisotopic (exact) mass is 309 g/mol. The molecular weight excluding hydrogens is 286 g/mol. The Morgan fingerprint density at radius 1 is 1.00 bits per heavy atom. The molecule has 0 radical (unpaired) electrons. The molecule has 0 atom stereocenters. The highest BCUT2D eigenvalue weighted by molar-refractivity contribution is 5.87. The van der Waals surface area contributed by atoms with Crippen molar-refractivity contribution < 1.29 is 9.47 Å². The highest BCUT2D eigenvalue weighted by Crippen LogP contribution is 2.39. The fraction of sp³-hybridized carbons (Fsp3) is 0.300. The summed E-state index contributed by atoms with van der Waals surface area (Å²) in [5, 5.41) is 1.21. The number of para-hydroxylation sites is 1. The van der Waals surface area contributed by atoms with Gasteiger partial charge in [0.15, 0.2) is 0 Å². The number of aryl methyl sites for hydroxylation is 1. The molecular formula is C20H23NO2. The summed E-state index contributed by atoms with van der Waals surface area (Å²) in [6.45, 7) is 6.26. The van der Waals surface area contributed by atoms with Crippen LogP contribution in [0.15, 0.2) is 42.5 Å². The third-order valence-corrected chi connectivity index (χ3v) is 4.50. The SMILES string of the molecule is COc1cc(C)c(-c2cc3ccccc3[nH]2)c(C(C)(C)OC)c1. The van der Waals surface area contributed by atoms with Crippen LogP contribution >= 0.6 is 0 Å². The van der Waals surface area contributed by atoms with Gasteiger partial charge in [0.1, 0.15) is 5.75 Å². The maximum atomic E-state index is 5.75. The van der Waals surface area contributed by atoms with Crippen molar-refractivity contribution in [1.29, 1.82) is 0 Å². The van der Waals surface area contributed by atoms with Gasteiger partial charge in [-0.1, -0.05) is 18.2 Å². The van der Waals surface area contributed by atoms with Gasteiger partial charge in [-0.25, -0.2) is 0 Å². The predicted molar refractivity (Wildman–Crippen MR) is 95.1 cm³/mol. The third-order valence-electron chi connectivity index (χ3n) is 4.50. The van der Waals surface area contributed by atoms with E-state index in [1.807, 2.05) is 6.07 Å². The van der Waals surface area contributed by atoms with E-state index in [9.17, 15) is 0 Å². The molecule has 1 heterocycles. The smallest absolute Gasteiger partial charge is 0.119 e. The van der Waals surface area contributed by atoms with Gasteiger partial charge in [-0.2, -0.15) is 0 Å². The van der Waals surface area contributed by atoms with Gasteiger partial charge < -0.3 is 14.5 Å². The van der Waals surface area contributed by atoms with Crippen molar-refractivity contribution in [3.05, 3.63) is 53.6 Å². The van der Waals surface area contributed by atoms with Gasteiger partial charge in [0.25, 0.3) is 0 Å². The number of aromatic amines is 1. The summed E-state index contributed by atoms with van der Waals surface area (Å²) in [5.41, 5.74) is 5.28. The first kappa shape index (κ1) is 15.6. The Labute approximate surface area is 137 Å². The molecule has 1 aromatic heterocycles. The maximum absolute atomic E-state index is 5.75. The minimum Gasteiger partial charge on any atom is -0.497 e.